The second-order valence-corrected chi connectivity index (χ2v) is 9.96. The molecule has 39 heavy (non-hydrogen) atoms. The van der Waals surface area contributed by atoms with Gasteiger partial charge in [-0.3, -0.25) is 9.78 Å². The van der Waals surface area contributed by atoms with Crippen LogP contribution in [0.4, 0.5) is 23.7 Å². The van der Waals surface area contributed by atoms with Gasteiger partial charge in [0.05, 0.1) is 35.7 Å². The molecule has 1 fully saturated rings. The van der Waals surface area contributed by atoms with Crippen LogP contribution in [0, 0.1) is 17.5 Å². The molecule has 1 aliphatic heterocycles. The first-order valence-electron chi connectivity index (χ1n) is 11.8. The fourth-order valence-electron chi connectivity index (χ4n) is 4.36. The monoisotopic (exact) mass is 562 g/mol. The Labute approximate surface area is 225 Å². The zero-order chi connectivity index (χ0) is 28.5. The van der Waals surface area contributed by atoms with Gasteiger partial charge in [0.25, 0.3) is 5.91 Å². The minimum absolute atomic E-state index is 0.0415. The topological polar surface area (TPSA) is 134 Å². The van der Waals surface area contributed by atoms with Crippen molar-refractivity contribution < 1.29 is 37.7 Å². The standard InChI is InChI=1S/C26H25F3N4O5S/c1-12-26(2,37)20(33-25(35)36)10-18(38-12)13-8-9-30-11-17(13)32-24(34)16-6-4-15(28)23(31-16)21-14(27)5-7-19(39-3)22(21)29/h4-9,11-12,18,20,33,37H,10H2,1-3H3,(H,32,34)(H,35,36)/t12-,18-,20-,26-/m1/s1. The van der Waals surface area contributed by atoms with Crippen LogP contribution in [0.2, 0.25) is 0 Å². The van der Waals surface area contributed by atoms with E-state index in [9.17, 15) is 33.0 Å². The Morgan fingerprint density at radius 2 is 1.87 bits per heavy atom. The Balaban J connectivity index is 1.65. The van der Waals surface area contributed by atoms with E-state index in [-0.39, 0.29) is 22.7 Å². The molecule has 1 aromatic carbocycles. The zero-order valence-corrected chi connectivity index (χ0v) is 21.9. The average molecular weight is 563 g/mol. The van der Waals surface area contributed by atoms with Crippen molar-refractivity contribution in [3.05, 3.63) is 71.4 Å². The van der Waals surface area contributed by atoms with Gasteiger partial charge >= 0.3 is 6.09 Å². The molecule has 206 valence electrons. The van der Waals surface area contributed by atoms with Gasteiger partial charge in [0.15, 0.2) is 0 Å². The van der Waals surface area contributed by atoms with Crippen LogP contribution in [0.25, 0.3) is 11.3 Å². The molecule has 0 radical (unpaired) electrons. The van der Waals surface area contributed by atoms with Gasteiger partial charge in [0, 0.05) is 23.1 Å². The highest BCUT2D eigenvalue weighted by molar-refractivity contribution is 7.98. The van der Waals surface area contributed by atoms with E-state index in [2.05, 4.69) is 20.6 Å². The number of amides is 2. The first kappa shape index (κ1) is 28.3. The number of benzene rings is 1. The van der Waals surface area contributed by atoms with Crippen molar-refractivity contribution in [1.29, 1.82) is 0 Å². The molecule has 2 aromatic heterocycles. The van der Waals surface area contributed by atoms with Gasteiger partial charge in [-0.05, 0) is 50.4 Å². The van der Waals surface area contributed by atoms with Crippen molar-refractivity contribution in [2.45, 2.75) is 49.0 Å². The summed E-state index contributed by atoms with van der Waals surface area (Å²) < 4.78 is 50.0. The SMILES string of the molecule is CSc1ccc(F)c(-c2nc(C(=O)Nc3cnccc3[C@H]3C[C@@H](NC(=O)O)[C@](C)(O)[C@@H](C)O3)ccc2F)c1F. The van der Waals surface area contributed by atoms with Crippen LogP contribution in [0.1, 0.15) is 42.4 Å². The third kappa shape index (κ3) is 5.70. The second-order valence-electron chi connectivity index (χ2n) is 9.11. The highest BCUT2D eigenvalue weighted by Crippen LogP contribution is 2.39. The summed E-state index contributed by atoms with van der Waals surface area (Å²) in [6, 6.07) is 4.86. The van der Waals surface area contributed by atoms with Crippen molar-refractivity contribution >= 4 is 29.4 Å². The number of hydrogen-bond acceptors (Lipinski definition) is 7. The van der Waals surface area contributed by atoms with Gasteiger partial charge < -0.3 is 25.6 Å². The molecule has 0 unspecified atom stereocenters. The zero-order valence-electron chi connectivity index (χ0n) is 21.0. The summed E-state index contributed by atoms with van der Waals surface area (Å²) in [4.78, 5) is 32.4. The Morgan fingerprint density at radius 3 is 2.56 bits per heavy atom. The van der Waals surface area contributed by atoms with E-state index in [4.69, 9.17) is 4.74 Å². The molecule has 0 saturated carbocycles. The normalized spacial score (nSPS) is 22.8. The molecule has 13 heteroatoms. The van der Waals surface area contributed by atoms with E-state index in [0.717, 1.165) is 30.0 Å². The van der Waals surface area contributed by atoms with Crippen LogP contribution in [0.3, 0.4) is 0 Å². The molecule has 3 heterocycles. The fraction of sp³-hybridized carbons (Fsp3) is 0.308. The van der Waals surface area contributed by atoms with Gasteiger partial charge in [0.1, 0.15) is 34.4 Å². The number of nitrogens with zero attached hydrogens (tertiary/aromatic N) is 2. The first-order chi connectivity index (χ1) is 18.4. The maximum atomic E-state index is 14.9. The van der Waals surface area contributed by atoms with Crippen LogP contribution in [-0.4, -0.2) is 56.2 Å². The van der Waals surface area contributed by atoms with Crippen molar-refractivity contribution in [2.75, 3.05) is 11.6 Å². The van der Waals surface area contributed by atoms with Crippen LogP contribution in [-0.2, 0) is 4.74 Å². The molecular formula is C26H25F3N4O5S. The number of ether oxygens (including phenoxy) is 1. The van der Waals surface area contributed by atoms with Crippen LogP contribution in [0.15, 0.2) is 47.6 Å². The molecule has 1 saturated heterocycles. The number of pyridine rings is 2. The average Bonchev–Trinajstić information content (AvgIpc) is 2.88. The fourth-order valence-corrected chi connectivity index (χ4v) is 4.84. The third-order valence-electron chi connectivity index (χ3n) is 6.69. The molecule has 3 aromatic rings. The van der Waals surface area contributed by atoms with Gasteiger partial charge in [-0.15, -0.1) is 11.8 Å². The van der Waals surface area contributed by atoms with E-state index < -0.39 is 64.6 Å². The first-order valence-corrected chi connectivity index (χ1v) is 13.0. The smallest absolute Gasteiger partial charge is 0.404 e. The number of carbonyl (C=O) groups excluding carboxylic acids is 1. The van der Waals surface area contributed by atoms with E-state index in [0.29, 0.717) is 5.56 Å². The second kappa shape index (κ2) is 11.2. The van der Waals surface area contributed by atoms with Crippen LogP contribution in [0.5, 0.6) is 0 Å². The summed E-state index contributed by atoms with van der Waals surface area (Å²) in [5.41, 5.74) is -2.55. The lowest BCUT2D eigenvalue weighted by atomic mass is 9.82. The van der Waals surface area contributed by atoms with Gasteiger partial charge in [-0.2, -0.15) is 0 Å². The molecule has 9 nitrogen and oxygen atoms in total. The number of carbonyl (C=O) groups is 2. The number of aliphatic hydroxyl groups is 1. The largest absolute Gasteiger partial charge is 0.465 e. The van der Waals surface area contributed by atoms with Crippen molar-refractivity contribution in [2.24, 2.45) is 0 Å². The molecule has 4 N–H and O–H groups in total. The molecular weight excluding hydrogens is 537 g/mol. The minimum Gasteiger partial charge on any atom is -0.465 e. The highest BCUT2D eigenvalue weighted by atomic mass is 32.2. The van der Waals surface area contributed by atoms with E-state index in [1.165, 1.54) is 25.4 Å². The Morgan fingerprint density at radius 1 is 1.15 bits per heavy atom. The summed E-state index contributed by atoms with van der Waals surface area (Å²) in [7, 11) is 0. The quantitative estimate of drug-likeness (QED) is 0.316. The lowest BCUT2D eigenvalue weighted by Crippen LogP contribution is -2.60. The van der Waals surface area contributed by atoms with Gasteiger partial charge in [-0.25, -0.2) is 22.9 Å². The maximum absolute atomic E-state index is 14.9. The molecule has 0 bridgehead atoms. The number of hydrogen-bond donors (Lipinski definition) is 4. The molecule has 4 rings (SSSR count). The summed E-state index contributed by atoms with van der Waals surface area (Å²) >= 11 is 1.01. The highest BCUT2D eigenvalue weighted by Gasteiger charge is 2.46. The molecule has 4 atom stereocenters. The Hall–Kier alpha value is -3.68. The summed E-state index contributed by atoms with van der Waals surface area (Å²) in [5, 5.41) is 24.9. The number of halogens is 3. The van der Waals surface area contributed by atoms with Gasteiger partial charge in [-0.1, -0.05) is 0 Å². The number of carboxylic acid groups (broad SMARTS) is 1. The summed E-state index contributed by atoms with van der Waals surface area (Å²) in [5.74, 6) is -3.86. The number of nitrogens with one attached hydrogen (secondary N) is 2. The summed E-state index contributed by atoms with van der Waals surface area (Å²) in [6.45, 7) is 3.05. The predicted molar refractivity (Wildman–Crippen MR) is 137 cm³/mol. The maximum Gasteiger partial charge on any atom is 0.404 e. The number of rotatable bonds is 6. The van der Waals surface area contributed by atoms with E-state index in [1.54, 1.807) is 19.2 Å². The van der Waals surface area contributed by atoms with Crippen molar-refractivity contribution in [3.63, 3.8) is 0 Å². The Kier molecular flexibility index (Phi) is 8.14. The molecule has 2 amide bonds. The van der Waals surface area contributed by atoms with Crippen LogP contribution >= 0.6 is 11.8 Å². The summed E-state index contributed by atoms with van der Waals surface area (Å²) in [6.07, 6.45) is 1.56. The molecule has 0 spiro atoms. The lowest BCUT2D eigenvalue weighted by molar-refractivity contribution is -0.176. The predicted octanol–water partition coefficient (Wildman–Crippen LogP) is 4.77. The lowest BCUT2D eigenvalue weighted by Gasteiger charge is -2.45. The number of thioether (sulfide) groups is 1. The van der Waals surface area contributed by atoms with Gasteiger partial charge in [0.2, 0.25) is 0 Å². The van der Waals surface area contributed by atoms with Crippen molar-refractivity contribution in [3.8, 4) is 11.3 Å². The molecule has 0 aliphatic carbocycles. The van der Waals surface area contributed by atoms with Crippen LogP contribution < -0.4 is 10.6 Å². The van der Waals surface area contributed by atoms with Crippen molar-refractivity contribution in [1.82, 2.24) is 15.3 Å². The number of anilines is 1. The van der Waals surface area contributed by atoms with E-state index in [1.807, 2.05) is 0 Å². The van der Waals surface area contributed by atoms with E-state index >= 15 is 0 Å². The number of aromatic nitrogens is 2. The minimum atomic E-state index is -1.50. The third-order valence-corrected chi connectivity index (χ3v) is 7.44. The molecule has 1 aliphatic rings. The Bertz CT molecular complexity index is 1420.